The molecule has 2 aromatic heterocycles. The summed E-state index contributed by atoms with van der Waals surface area (Å²) in [6.45, 7) is 1.87. The first-order valence-electron chi connectivity index (χ1n) is 4.93. The minimum absolute atomic E-state index is 0.145. The highest BCUT2D eigenvalue weighted by atomic mass is 16.1. The average Bonchev–Trinajstić information content (AvgIpc) is 2.54. The molecule has 2 heterocycles. The predicted molar refractivity (Wildman–Crippen MR) is 62.5 cm³/mol. The number of nitrogens with one attached hydrogen (secondary N) is 1. The number of H-pyrrole nitrogens is 1. The van der Waals surface area contributed by atoms with Crippen LogP contribution in [0.5, 0.6) is 0 Å². The fraction of sp³-hybridized carbons (Fsp3) is 0.0909. The Morgan fingerprint density at radius 3 is 3.00 bits per heavy atom. The highest BCUT2D eigenvalue weighted by Gasteiger charge is 2.07. The molecule has 0 fully saturated rings. The van der Waals surface area contributed by atoms with Gasteiger partial charge in [0.05, 0.1) is 11.0 Å². The Morgan fingerprint density at radius 2 is 2.19 bits per heavy atom. The molecular weight excluding hydrogens is 204 g/mol. The van der Waals surface area contributed by atoms with Crippen LogP contribution in [-0.2, 0) is 0 Å². The monoisotopic (exact) mass is 214 g/mol. The van der Waals surface area contributed by atoms with Gasteiger partial charge >= 0.3 is 0 Å². The normalized spacial score (nSPS) is 11.3. The standard InChI is InChI=1S/C11H10N4O/c1-6-4-10(16)14-11-13-8-5-7(12)2-3-9(8)15(6)11/h2-5H,12H2,1H3,(H,13,14,16). The molecule has 0 saturated heterocycles. The molecule has 16 heavy (non-hydrogen) atoms. The minimum Gasteiger partial charge on any atom is -0.399 e. The minimum atomic E-state index is -0.145. The van der Waals surface area contributed by atoms with Crippen LogP contribution in [0, 0.1) is 6.92 Å². The molecule has 0 spiro atoms. The first-order chi connectivity index (χ1) is 7.65. The van der Waals surface area contributed by atoms with Gasteiger partial charge in [0.2, 0.25) is 5.78 Å². The van der Waals surface area contributed by atoms with E-state index in [1.165, 1.54) is 0 Å². The topological polar surface area (TPSA) is 76.2 Å². The molecule has 3 aromatic rings. The summed E-state index contributed by atoms with van der Waals surface area (Å²) in [7, 11) is 0. The first kappa shape index (κ1) is 8.96. The Hall–Kier alpha value is -2.30. The smallest absolute Gasteiger partial charge is 0.252 e. The predicted octanol–water partition coefficient (Wildman–Crippen LogP) is 1.07. The molecule has 0 atom stereocenters. The van der Waals surface area contributed by atoms with Gasteiger partial charge in [0.25, 0.3) is 5.56 Å². The number of fused-ring (bicyclic) bond motifs is 3. The maximum atomic E-state index is 11.3. The fourth-order valence-corrected chi connectivity index (χ4v) is 1.94. The van der Waals surface area contributed by atoms with Crippen molar-refractivity contribution in [2.75, 3.05) is 5.73 Å². The lowest BCUT2D eigenvalue weighted by atomic mass is 10.3. The molecule has 5 heteroatoms. The first-order valence-corrected chi connectivity index (χ1v) is 4.93. The highest BCUT2D eigenvalue weighted by Crippen LogP contribution is 2.18. The third-order valence-corrected chi connectivity index (χ3v) is 2.61. The van der Waals surface area contributed by atoms with Gasteiger partial charge in [-0.1, -0.05) is 0 Å². The van der Waals surface area contributed by atoms with Crippen molar-refractivity contribution in [1.29, 1.82) is 0 Å². The summed E-state index contributed by atoms with van der Waals surface area (Å²) in [5.41, 5.74) is 8.79. The van der Waals surface area contributed by atoms with E-state index in [0.717, 1.165) is 16.7 Å². The van der Waals surface area contributed by atoms with Crippen LogP contribution in [0.15, 0.2) is 29.1 Å². The molecule has 0 aliphatic carbocycles. The molecule has 80 valence electrons. The third-order valence-electron chi connectivity index (χ3n) is 2.61. The van der Waals surface area contributed by atoms with E-state index in [-0.39, 0.29) is 5.56 Å². The summed E-state index contributed by atoms with van der Waals surface area (Å²) in [6.07, 6.45) is 0. The van der Waals surface area contributed by atoms with Gasteiger partial charge in [0, 0.05) is 17.4 Å². The number of nitrogens with zero attached hydrogens (tertiary/aromatic N) is 2. The summed E-state index contributed by atoms with van der Waals surface area (Å²) in [5.74, 6) is 0.547. The maximum absolute atomic E-state index is 11.3. The second-order valence-corrected chi connectivity index (χ2v) is 3.79. The molecule has 3 N–H and O–H groups in total. The summed E-state index contributed by atoms with van der Waals surface area (Å²) < 4.78 is 1.90. The summed E-state index contributed by atoms with van der Waals surface area (Å²) >= 11 is 0. The van der Waals surface area contributed by atoms with Gasteiger partial charge in [-0.15, -0.1) is 0 Å². The van der Waals surface area contributed by atoms with E-state index < -0.39 is 0 Å². The number of imidazole rings is 1. The van der Waals surface area contributed by atoms with Gasteiger partial charge < -0.3 is 5.73 Å². The van der Waals surface area contributed by atoms with E-state index in [0.29, 0.717) is 11.5 Å². The lowest BCUT2D eigenvalue weighted by Crippen LogP contribution is -2.08. The molecule has 0 bridgehead atoms. The molecule has 0 aliphatic rings. The quantitative estimate of drug-likeness (QED) is 0.549. The SMILES string of the molecule is Cc1cc(=O)[nH]c2nc3cc(N)ccc3n12. The molecule has 5 nitrogen and oxygen atoms in total. The number of hydrogen-bond donors (Lipinski definition) is 2. The van der Waals surface area contributed by atoms with E-state index in [4.69, 9.17) is 5.73 Å². The van der Waals surface area contributed by atoms with Crippen molar-refractivity contribution >= 4 is 22.5 Å². The zero-order chi connectivity index (χ0) is 11.3. The molecule has 1 aromatic carbocycles. The molecular formula is C11H10N4O. The molecule has 3 rings (SSSR count). The molecule has 0 aliphatic heterocycles. The van der Waals surface area contributed by atoms with Crippen LogP contribution in [0.4, 0.5) is 5.69 Å². The van der Waals surface area contributed by atoms with E-state index in [2.05, 4.69) is 9.97 Å². The number of nitrogens with two attached hydrogens (primary N) is 1. The largest absolute Gasteiger partial charge is 0.399 e. The van der Waals surface area contributed by atoms with Gasteiger partial charge in [-0.25, -0.2) is 4.98 Å². The van der Waals surface area contributed by atoms with E-state index >= 15 is 0 Å². The summed E-state index contributed by atoms with van der Waals surface area (Å²) in [4.78, 5) is 18.3. The van der Waals surface area contributed by atoms with Crippen molar-refractivity contribution in [1.82, 2.24) is 14.4 Å². The number of rotatable bonds is 0. The van der Waals surface area contributed by atoms with Gasteiger partial charge in [0.1, 0.15) is 0 Å². The zero-order valence-corrected chi connectivity index (χ0v) is 8.69. The van der Waals surface area contributed by atoms with E-state index in [1.54, 1.807) is 12.1 Å². The van der Waals surface area contributed by atoms with Crippen LogP contribution in [0.1, 0.15) is 5.69 Å². The number of benzene rings is 1. The average molecular weight is 214 g/mol. The van der Waals surface area contributed by atoms with Crippen LogP contribution < -0.4 is 11.3 Å². The van der Waals surface area contributed by atoms with Crippen molar-refractivity contribution < 1.29 is 0 Å². The summed E-state index contributed by atoms with van der Waals surface area (Å²) in [6, 6.07) is 7.06. The molecule has 0 radical (unpaired) electrons. The van der Waals surface area contributed by atoms with Crippen molar-refractivity contribution in [2.45, 2.75) is 6.92 Å². The Balaban J connectivity index is 2.61. The molecule has 0 amide bonds. The van der Waals surface area contributed by atoms with E-state index in [9.17, 15) is 4.79 Å². The van der Waals surface area contributed by atoms with Gasteiger partial charge in [0.15, 0.2) is 0 Å². The van der Waals surface area contributed by atoms with E-state index in [1.807, 2.05) is 23.5 Å². The van der Waals surface area contributed by atoms with Crippen molar-refractivity contribution in [3.8, 4) is 0 Å². The zero-order valence-electron chi connectivity index (χ0n) is 8.69. The fourth-order valence-electron chi connectivity index (χ4n) is 1.94. The second kappa shape index (κ2) is 2.85. The van der Waals surface area contributed by atoms with Crippen LogP contribution in [0.2, 0.25) is 0 Å². The van der Waals surface area contributed by atoms with Gasteiger partial charge in [-0.2, -0.15) is 0 Å². The van der Waals surface area contributed by atoms with Crippen molar-refractivity contribution in [2.24, 2.45) is 0 Å². The summed E-state index contributed by atoms with van der Waals surface area (Å²) in [5, 5.41) is 0. The van der Waals surface area contributed by atoms with Crippen LogP contribution >= 0.6 is 0 Å². The lowest BCUT2D eigenvalue weighted by molar-refractivity contribution is 1.04. The Bertz CT molecular complexity index is 754. The van der Waals surface area contributed by atoms with Gasteiger partial charge in [-0.3, -0.25) is 14.2 Å². The number of aromatic amines is 1. The second-order valence-electron chi connectivity index (χ2n) is 3.79. The third kappa shape index (κ3) is 1.11. The lowest BCUT2D eigenvalue weighted by Gasteiger charge is -1.99. The molecule has 0 saturated carbocycles. The number of nitrogen functional groups attached to an aromatic ring is 1. The Labute approximate surface area is 90.5 Å². The van der Waals surface area contributed by atoms with Gasteiger partial charge in [-0.05, 0) is 25.1 Å². The number of hydrogen-bond acceptors (Lipinski definition) is 3. The van der Waals surface area contributed by atoms with Crippen LogP contribution in [-0.4, -0.2) is 14.4 Å². The number of anilines is 1. The van der Waals surface area contributed by atoms with Crippen molar-refractivity contribution in [3.05, 3.63) is 40.3 Å². The van der Waals surface area contributed by atoms with Crippen LogP contribution in [0.3, 0.4) is 0 Å². The Kier molecular flexibility index (Phi) is 1.60. The number of aromatic nitrogens is 3. The number of aryl methyl sites for hydroxylation is 1. The van der Waals surface area contributed by atoms with Crippen LogP contribution in [0.25, 0.3) is 16.8 Å². The molecule has 0 unspecified atom stereocenters. The highest BCUT2D eigenvalue weighted by molar-refractivity contribution is 5.82. The van der Waals surface area contributed by atoms with Crippen molar-refractivity contribution in [3.63, 3.8) is 0 Å². The maximum Gasteiger partial charge on any atom is 0.252 e. The Morgan fingerprint density at radius 1 is 1.38 bits per heavy atom.